The lowest BCUT2D eigenvalue weighted by atomic mass is 9.99. The smallest absolute Gasteiger partial charge is 0.325 e. The predicted octanol–water partition coefficient (Wildman–Crippen LogP) is 0.182. The fraction of sp³-hybridized carbons (Fsp3) is 0.700. The van der Waals surface area contributed by atoms with E-state index in [0.29, 0.717) is 6.42 Å². The van der Waals surface area contributed by atoms with Crippen molar-refractivity contribution in [2.75, 3.05) is 6.54 Å². The number of aliphatic carboxylic acids is 1. The van der Waals surface area contributed by atoms with E-state index in [2.05, 4.69) is 5.32 Å². The molecule has 2 atom stereocenters. The third-order valence-corrected chi connectivity index (χ3v) is 3.81. The molecule has 0 bridgehead atoms. The van der Waals surface area contributed by atoms with E-state index in [0.717, 1.165) is 11.3 Å². The number of nitrogens with zero attached hydrogens (tertiary/aromatic N) is 1. The third kappa shape index (κ3) is 1.15. The van der Waals surface area contributed by atoms with Crippen molar-refractivity contribution in [2.24, 2.45) is 5.41 Å². The van der Waals surface area contributed by atoms with Gasteiger partial charge in [0.25, 0.3) is 5.91 Å². The van der Waals surface area contributed by atoms with E-state index in [1.165, 1.54) is 0 Å². The summed E-state index contributed by atoms with van der Waals surface area (Å²) in [6, 6.07) is -0.593. The molecule has 1 saturated carbocycles. The molecule has 0 radical (unpaired) electrons. The highest BCUT2D eigenvalue weighted by Crippen LogP contribution is 2.60. The Morgan fingerprint density at radius 1 is 1.56 bits per heavy atom. The van der Waals surface area contributed by atoms with Crippen LogP contribution in [0.5, 0.6) is 0 Å². The lowest BCUT2D eigenvalue weighted by Crippen LogP contribution is -2.38. The molecule has 1 spiro atoms. The van der Waals surface area contributed by atoms with Crippen molar-refractivity contribution in [2.45, 2.75) is 32.2 Å². The molecule has 2 aliphatic rings. The van der Waals surface area contributed by atoms with E-state index in [9.17, 15) is 14.4 Å². The summed E-state index contributed by atoms with van der Waals surface area (Å²) in [5.74, 6) is -1.58. The highest BCUT2D eigenvalue weighted by molar-refractivity contribution is 6.11. The summed E-state index contributed by atoms with van der Waals surface area (Å²) in [6.07, 6.45) is 1.37. The van der Waals surface area contributed by atoms with E-state index < -0.39 is 30.0 Å². The number of carbonyl (C=O) groups excluding carboxylic acids is 2. The number of hydrogen-bond acceptors (Lipinski definition) is 3. The highest BCUT2D eigenvalue weighted by atomic mass is 16.4. The maximum absolute atomic E-state index is 12.0. The standard InChI is InChI=1S/C10H14N2O4/c1-3-9(2)5-10(9)7(15)12(4-6(13)14)8(16)11-10/h3-5H2,1-2H3,(H,11,16)(H,13,14)/t9-,10-/m0/s1. The molecule has 2 fully saturated rings. The number of hydrogen-bond donors (Lipinski definition) is 2. The van der Waals surface area contributed by atoms with Crippen molar-refractivity contribution in [3.8, 4) is 0 Å². The Bertz CT molecular complexity index is 394. The normalized spacial score (nSPS) is 36.8. The average molecular weight is 226 g/mol. The molecule has 0 aromatic rings. The Hall–Kier alpha value is -1.59. The summed E-state index contributed by atoms with van der Waals surface area (Å²) >= 11 is 0. The van der Waals surface area contributed by atoms with Gasteiger partial charge in [0.2, 0.25) is 0 Å². The monoisotopic (exact) mass is 226 g/mol. The van der Waals surface area contributed by atoms with Gasteiger partial charge in [-0.3, -0.25) is 14.5 Å². The summed E-state index contributed by atoms with van der Waals surface area (Å²) in [5.41, 5.74) is -1.07. The maximum atomic E-state index is 12.0. The van der Waals surface area contributed by atoms with Gasteiger partial charge >= 0.3 is 12.0 Å². The van der Waals surface area contributed by atoms with Gasteiger partial charge in [-0.05, 0) is 12.8 Å². The summed E-state index contributed by atoms with van der Waals surface area (Å²) in [4.78, 5) is 34.8. The van der Waals surface area contributed by atoms with Crippen LogP contribution in [0.25, 0.3) is 0 Å². The first kappa shape index (κ1) is 10.9. The molecule has 1 aliphatic carbocycles. The second-order valence-electron chi connectivity index (χ2n) is 4.71. The van der Waals surface area contributed by atoms with Crippen LogP contribution in [0.1, 0.15) is 26.7 Å². The van der Waals surface area contributed by atoms with Crippen LogP contribution < -0.4 is 5.32 Å². The molecule has 6 heteroatoms. The van der Waals surface area contributed by atoms with Crippen molar-refractivity contribution in [3.05, 3.63) is 0 Å². The molecular formula is C10H14N2O4. The van der Waals surface area contributed by atoms with Crippen molar-refractivity contribution in [1.82, 2.24) is 10.2 Å². The van der Waals surface area contributed by atoms with E-state index >= 15 is 0 Å². The number of carbonyl (C=O) groups is 3. The molecule has 0 aromatic carbocycles. The first-order chi connectivity index (χ1) is 7.36. The Kier molecular flexibility index (Phi) is 2.02. The van der Waals surface area contributed by atoms with Gasteiger partial charge < -0.3 is 10.4 Å². The molecule has 1 heterocycles. The van der Waals surface area contributed by atoms with Gasteiger partial charge in [-0.25, -0.2) is 4.79 Å². The fourth-order valence-corrected chi connectivity index (χ4v) is 2.40. The van der Waals surface area contributed by atoms with Gasteiger partial charge in [0.1, 0.15) is 12.1 Å². The van der Waals surface area contributed by atoms with E-state index in [-0.39, 0.29) is 5.41 Å². The molecule has 0 unspecified atom stereocenters. The van der Waals surface area contributed by atoms with Gasteiger partial charge in [-0.1, -0.05) is 13.8 Å². The summed E-state index contributed by atoms with van der Waals surface area (Å²) < 4.78 is 0. The molecule has 88 valence electrons. The molecule has 16 heavy (non-hydrogen) atoms. The number of carboxylic acid groups (broad SMARTS) is 1. The molecule has 6 nitrogen and oxygen atoms in total. The average Bonchev–Trinajstić information content (AvgIpc) is 2.73. The lowest BCUT2D eigenvalue weighted by molar-refractivity contribution is -0.142. The van der Waals surface area contributed by atoms with Crippen molar-refractivity contribution >= 4 is 17.9 Å². The molecule has 2 rings (SSSR count). The minimum atomic E-state index is -1.18. The summed E-state index contributed by atoms with van der Waals surface area (Å²) in [6.45, 7) is 3.32. The number of nitrogens with one attached hydrogen (secondary N) is 1. The van der Waals surface area contributed by atoms with Crippen LogP contribution in [0.15, 0.2) is 0 Å². The van der Waals surface area contributed by atoms with Gasteiger partial charge in [-0.15, -0.1) is 0 Å². The van der Waals surface area contributed by atoms with Crippen LogP contribution in [0, 0.1) is 5.41 Å². The van der Waals surface area contributed by atoms with Crippen LogP contribution in [0.4, 0.5) is 4.79 Å². The number of rotatable bonds is 3. The SMILES string of the molecule is CC[C@@]1(C)C[C@@]12NC(=O)N(CC(=O)O)C2=O. The zero-order chi connectivity index (χ0) is 12.1. The van der Waals surface area contributed by atoms with E-state index in [1.807, 2.05) is 13.8 Å². The van der Waals surface area contributed by atoms with Crippen LogP contribution in [-0.2, 0) is 9.59 Å². The minimum absolute atomic E-state index is 0.229. The van der Waals surface area contributed by atoms with Crippen molar-refractivity contribution in [1.29, 1.82) is 0 Å². The summed E-state index contributed by atoms with van der Waals surface area (Å²) in [7, 11) is 0. The van der Waals surface area contributed by atoms with Crippen molar-refractivity contribution in [3.63, 3.8) is 0 Å². The second-order valence-corrected chi connectivity index (χ2v) is 4.71. The Balaban J connectivity index is 2.22. The minimum Gasteiger partial charge on any atom is -0.480 e. The number of amides is 3. The fourth-order valence-electron chi connectivity index (χ4n) is 2.40. The first-order valence-corrected chi connectivity index (χ1v) is 5.22. The maximum Gasteiger partial charge on any atom is 0.325 e. The van der Waals surface area contributed by atoms with Crippen LogP contribution >= 0.6 is 0 Å². The lowest BCUT2D eigenvalue weighted by Gasteiger charge is -2.14. The van der Waals surface area contributed by atoms with Crippen LogP contribution in [-0.4, -0.2) is 40.0 Å². The molecule has 1 saturated heterocycles. The highest BCUT2D eigenvalue weighted by Gasteiger charge is 2.73. The molecule has 1 aliphatic heterocycles. The Morgan fingerprint density at radius 2 is 2.19 bits per heavy atom. The topological polar surface area (TPSA) is 86.7 Å². The van der Waals surface area contributed by atoms with Gasteiger partial charge in [0.05, 0.1) is 0 Å². The van der Waals surface area contributed by atoms with Gasteiger partial charge in [0.15, 0.2) is 0 Å². The number of imide groups is 1. The zero-order valence-electron chi connectivity index (χ0n) is 9.24. The molecular weight excluding hydrogens is 212 g/mol. The van der Waals surface area contributed by atoms with E-state index in [1.54, 1.807) is 0 Å². The Morgan fingerprint density at radius 3 is 2.62 bits per heavy atom. The molecule has 3 amide bonds. The van der Waals surface area contributed by atoms with E-state index in [4.69, 9.17) is 5.11 Å². The molecule has 2 N–H and O–H groups in total. The molecule has 0 aromatic heterocycles. The van der Waals surface area contributed by atoms with Crippen LogP contribution in [0.3, 0.4) is 0 Å². The largest absolute Gasteiger partial charge is 0.480 e. The van der Waals surface area contributed by atoms with Gasteiger partial charge in [0, 0.05) is 5.41 Å². The first-order valence-electron chi connectivity index (χ1n) is 5.22. The second kappa shape index (κ2) is 2.96. The third-order valence-electron chi connectivity index (χ3n) is 3.81. The van der Waals surface area contributed by atoms with Gasteiger partial charge in [-0.2, -0.15) is 0 Å². The van der Waals surface area contributed by atoms with Crippen molar-refractivity contribution < 1.29 is 19.5 Å². The summed E-state index contributed by atoms with van der Waals surface area (Å²) in [5, 5.41) is 11.2. The Labute approximate surface area is 92.6 Å². The number of carboxylic acids is 1. The van der Waals surface area contributed by atoms with Crippen LogP contribution in [0.2, 0.25) is 0 Å². The zero-order valence-corrected chi connectivity index (χ0v) is 9.24. The number of urea groups is 1. The quantitative estimate of drug-likeness (QED) is 0.672. The predicted molar refractivity (Wildman–Crippen MR) is 53.6 cm³/mol.